The molecule has 1 saturated heterocycles. The first-order valence-corrected chi connectivity index (χ1v) is 15.4. The van der Waals surface area contributed by atoms with Crippen molar-refractivity contribution < 1.29 is 14.8 Å². The number of nitrogens with zero attached hydrogens (tertiary/aromatic N) is 4. The number of nitro benzene ring substituents is 1. The number of hydrogen-bond donors (Lipinski definition) is 2. The summed E-state index contributed by atoms with van der Waals surface area (Å²) in [6.45, 7) is 6.05. The molecule has 2 aromatic heterocycles. The van der Waals surface area contributed by atoms with E-state index >= 15 is 0 Å². The summed E-state index contributed by atoms with van der Waals surface area (Å²) in [7, 11) is 0. The van der Waals surface area contributed by atoms with Crippen LogP contribution in [0, 0.1) is 30.9 Å². The van der Waals surface area contributed by atoms with Gasteiger partial charge in [-0.25, -0.2) is 4.79 Å². The topological polar surface area (TPSA) is 114 Å². The number of carboxylic acids is 1. The Bertz CT molecular complexity index is 1930. The normalized spacial score (nSPS) is 16.1. The summed E-state index contributed by atoms with van der Waals surface area (Å²) in [5.74, 6) is -0.971. The number of pyridine rings is 1. The molecule has 3 aromatic carbocycles. The van der Waals surface area contributed by atoms with Crippen LogP contribution in [0.2, 0.25) is 0 Å². The molecule has 226 valence electrons. The van der Waals surface area contributed by atoms with Crippen LogP contribution in [0.1, 0.15) is 50.7 Å². The predicted octanol–water partition coefficient (Wildman–Crippen LogP) is 7.73. The average molecular weight is 636 g/mol. The Morgan fingerprint density at radius 3 is 2.29 bits per heavy atom. The molecule has 6 rings (SSSR count). The van der Waals surface area contributed by atoms with Crippen molar-refractivity contribution in [3.8, 4) is 5.69 Å². The van der Waals surface area contributed by atoms with Crippen molar-refractivity contribution in [2.75, 3.05) is 4.90 Å². The number of benzene rings is 3. The molecule has 0 amide bonds. The van der Waals surface area contributed by atoms with Crippen LogP contribution in [0.3, 0.4) is 0 Å². The summed E-state index contributed by atoms with van der Waals surface area (Å²) in [4.78, 5) is 31.1. The van der Waals surface area contributed by atoms with Crippen LogP contribution < -0.4 is 10.2 Å². The molecule has 1 fully saturated rings. The zero-order chi connectivity index (χ0) is 31.8. The van der Waals surface area contributed by atoms with Gasteiger partial charge in [-0.2, -0.15) is 0 Å². The van der Waals surface area contributed by atoms with E-state index in [0.717, 1.165) is 49.4 Å². The maximum absolute atomic E-state index is 11.8. The van der Waals surface area contributed by atoms with Gasteiger partial charge in [-0.3, -0.25) is 15.1 Å². The van der Waals surface area contributed by atoms with Crippen molar-refractivity contribution in [1.29, 1.82) is 0 Å². The van der Waals surface area contributed by atoms with Gasteiger partial charge in [0, 0.05) is 50.9 Å². The largest absolute Gasteiger partial charge is 0.478 e. The van der Waals surface area contributed by atoms with Crippen LogP contribution in [-0.2, 0) is 0 Å². The lowest BCUT2D eigenvalue weighted by Gasteiger charge is -2.28. The van der Waals surface area contributed by atoms with Gasteiger partial charge >= 0.3 is 5.97 Å². The average Bonchev–Trinajstić information content (AvgIpc) is 3.53. The molecule has 1 aliphatic heterocycles. The third kappa shape index (κ3) is 5.79. The minimum Gasteiger partial charge on any atom is -0.478 e. The van der Waals surface area contributed by atoms with Gasteiger partial charge in [-0.05, 0) is 111 Å². The molecule has 1 aliphatic rings. The lowest BCUT2D eigenvalue weighted by Crippen LogP contribution is -2.29. The maximum Gasteiger partial charge on any atom is 0.335 e. The second-order valence-corrected chi connectivity index (χ2v) is 12.3. The highest BCUT2D eigenvalue weighted by atomic mass is 32.2. The number of nitrogens with one attached hydrogen (secondary N) is 1. The molecule has 0 unspecified atom stereocenters. The number of anilines is 1. The number of aromatic carboxylic acids is 1. The number of rotatable bonds is 8. The smallest absolute Gasteiger partial charge is 0.335 e. The number of hydrogen-bond acceptors (Lipinski definition) is 6. The summed E-state index contributed by atoms with van der Waals surface area (Å²) in [5.41, 5.74) is 6.82. The van der Waals surface area contributed by atoms with Crippen LogP contribution in [0.25, 0.3) is 5.69 Å². The number of aryl methyl sites for hydroxylation is 2. The second-order valence-electron chi connectivity index (χ2n) is 10.8. The number of thiocarbonyl (C=S) groups is 1. The summed E-state index contributed by atoms with van der Waals surface area (Å²) >= 11 is 7.47. The third-order valence-corrected chi connectivity index (χ3v) is 9.31. The Morgan fingerprint density at radius 2 is 1.67 bits per heavy atom. The number of carboxylic acid groups (broad SMARTS) is 1. The summed E-state index contributed by atoms with van der Waals surface area (Å²) in [6, 6.07) is 27.2. The first kappa shape index (κ1) is 30.0. The second kappa shape index (κ2) is 12.2. The molecule has 0 aliphatic carbocycles. The van der Waals surface area contributed by atoms with E-state index in [1.807, 2.05) is 69.3 Å². The molecule has 0 bridgehead atoms. The van der Waals surface area contributed by atoms with Gasteiger partial charge in [0.05, 0.1) is 28.3 Å². The Morgan fingerprint density at radius 1 is 0.978 bits per heavy atom. The van der Waals surface area contributed by atoms with Gasteiger partial charge in [-0.1, -0.05) is 23.9 Å². The van der Waals surface area contributed by atoms with E-state index in [1.165, 1.54) is 23.9 Å². The van der Waals surface area contributed by atoms with E-state index in [4.69, 9.17) is 12.2 Å². The molecule has 11 heteroatoms. The molecular weight excluding hydrogens is 607 g/mol. The Kier molecular flexibility index (Phi) is 8.13. The van der Waals surface area contributed by atoms with Crippen LogP contribution in [-0.4, -0.2) is 30.7 Å². The van der Waals surface area contributed by atoms with Crippen LogP contribution >= 0.6 is 24.0 Å². The standard InChI is InChI=1S/C34H29N5O4S2/c1-20-7-8-23(33(40)41)19-30(20)37-21(2)18-28(22(37)3)32-31(29-6-4-5-17-35-29)36-34(44)38(32)24-9-13-26(14-10-24)45-27-15-11-25(12-16-27)39(42)43/h4-19,31-32H,1-3H3,(H,36,44)(H,40,41)/t31-,32+/m1/s1. The van der Waals surface area contributed by atoms with E-state index in [2.05, 4.69) is 25.8 Å². The zero-order valence-electron chi connectivity index (χ0n) is 24.7. The molecule has 0 spiro atoms. The van der Waals surface area contributed by atoms with E-state index in [9.17, 15) is 20.0 Å². The molecule has 2 N–H and O–H groups in total. The van der Waals surface area contributed by atoms with E-state index in [1.54, 1.807) is 30.5 Å². The lowest BCUT2D eigenvalue weighted by atomic mass is 9.96. The van der Waals surface area contributed by atoms with Crippen molar-refractivity contribution in [1.82, 2.24) is 14.9 Å². The van der Waals surface area contributed by atoms with Crippen molar-refractivity contribution in [2.24, 2.45) is 0 Å². The highest BCUT2D eigenvalue weighted by Gasteiger charge is 2.42. The lowest BCUT2D eigenvalue weighted by molar-refractivity contribution is -0.384. The van der Waals surface area contributed by atoms with Gasteiger partial charge in [0.1, 0.15) is 0 Å². The summed E-state index contributed by atoms with van der Waals surface area (Å²) in [5, 5.41) is 24.8. The predicted molar refractivity (Wildman–Crippen MR) is 179 cm³/mol. The van der Waals surface area contributed by atoms with Crippen molar-refractivity contribution >= 4 is 46.4 Å². The summed E-state index contributed by atoms with van der Waals surface area (Å²) < 4.78 is 2.11. The molecule has 45 heavy (non-hydrogen) atoms. The maximum atomic E-state index is 11.8. The van der Waals surface area contributed by atoms with E-state index in [-0.39, 0.29) is 23.3 Å². The Hall–Kier alpha value is -5.00. The Labute approximate surface area is 269 Å². The number of nitro groups is 1. The fourth-order valence-corrected chi connectivity index (χ4v) is 7.00. The fourth-order valence-electron chi connectivity index (χ4n) is 5.84. The zero-order valence-corrected chi connectivity index (χ0v) is 26.3. The summed E-state index contributed by atoms with van der Waals surface area (Å²) in [6.07, 6.45) is 1.77. The SMILES string of the molecule is Cc1ccc(C(=O)O)cc1-n1c(C)cc([C@H]2[C@@H](c3ccccn3)NC(=S)N2c2ccc(Sc3ccc([N+](=O)[O-])cc3)cc2)c1C. The van der Waals surface area contributed by atoms with Crippen molar-refractivity contribution in [2.45, 2.75) is 42.6 Å². The minimum atomic E-state index is -0.971. The van der Waals surface area contributed by atoms with Crippen molar-refractivity contribution in [3.63, 3.8) is 0 Å². The molecule has 0 radical (unpaired) electrons. The van der Waals surface area contributed by atoms with Gasteiger partial charge < -0.3 is 19.9 Å². The monoisotopic (exact) mass is 635 g/mol. The molecule has 3 heterocycles. The van der Waals surface area contributed by atoms with Crippen LogP contribution in [0.15, 0.2) is 107 Å². The van der Waals surface area contributed by atoms with Gasteiger partial charge in [0.25, 0.3) is 5.69 Å². The van der Waals surface area contributed by atoms with Gasteiger partial charge in [0.15, 0.2) is 5.11 Å². The molecule has 0 saturated carbocycles. The molecule has 2 atom stereocenters. The molecular formula is C34H29N5O4S2. The van der Waals surface area contributed by atoms with Gasteiger partial charge in [0.2, 0.25) is 0 Å². The highest BCUT2D eigenvalue weighted by Crippen LogP contribution is 2.44. The fraction of sp³-hybridized carbons (Fsp3) is 0.147. The Balaban J connectivity index is 1.40. The number of aromatic nitrogens is 2. The third-order valence-electron chi connectivity index (χ3n) is 7.98. The van der Waals surface area contributed by atoms with E-state index < -0.39 is 10.9 Å². The minimum absolute atomic E-state index is 0.0577. The molecule has 9 nitrogen and oxygen atoms in total. The van der Waals surface area contributed by atoms with Crippen LogP contribution in [0.4, 0.5) is 11.4 Å². The first-order chi connectivity index (χ1) is 21.6. The van der Waals surface area contributed by atoms with Crippen molar-refractivity contribution in [3.05, 3.63) is 141 Å². The van der Waals surface area contributed by atoms with Gasteiger partial charge in [-0.15, -0.1) is 0 Å². The van der Waals surface area contributed by atoms with E-state index in [0.29, 0.717) is 5.11 Å². The number of carbonyl (C=O) groups is 1. The number of non-ortho nitro benzene ring substituents is 1. The van der Waals surface area contributed by atoms with Crippen LogP contribution in [0.5, 0.6) is 0 Å². The highest BCUT2D eigenvalue weighted by molar-refractivity contribution is 7.99. The quantitative estimate of drug-likeness (QED) is 0.100. The first-order valence-electron chi connectivity index (χ1n) is 14.2. The molecule has 5 aromatic rings.